The van der Waals surface area contributed by atoms with Crippen molar-refractivity contribution in [1.82, 2.24) is 0 Å². The number of hydrogen-bond donors (Lipinski definition) is 0. The Morgan fingerprint density at radius 3 is 2.22 bits per heavy atom. The molecule has 18 heavy (non-hydrogen) atoms. The lowest BCUT2D eigenvalue weighted by Gasteiger charge is -2.23. The standard InChI is InChI=1S/C17H26O/c1-6-13-9-10-14(7-2)15(11-13)17(12(4)5)16(18)8-3/h9-12,17H,6-8H2,1-5H3. The molecule has 0 N–H and O–H groups in total. The molecule has 0 saturated heterocycles. The predicted octanol–water partition coefficient (Wildman–Crippen LogP) is 4.53. The average molecular weight is 246 g/mol. The molecule has 1 nitrogen and oxygen atoms in total. The Hall–Kier alpha value is -1.11. The van der Waals surface area contributed by atoms with Gasteiger partial charge in [0.15, 0.2) is 0 Å². The van der Waals surface area contributed by atoms with Gasteiger partial charge in [-0.2, -0.15) is 0 Å². The van der Waals surface area contributed by atoms with Gasteiger partial charge in [-0.3, -0.25) is 4.79 Å². The van der Waals surface area contributed by atoms with E-state index in [1.807, 2.05) is 6.92 Å². The highest BCUT2D eigenvalue weighted by molar-refractivity contribution is 5.86. The van der Waals surface area contributed by atoms with Gasteiger partial charge in [-0.05, 0) is 35.4 Å². The third kappa shape index (κ3) is 3.22. The molecule has 0 bridgehead atoms. The van der Waals surface area contributed by atoms with Gasteiger partial charge < -0.3 is 0 Å². The molecule has 1 aromatic carbocycles. The number of carbonyl (C=O) groups excluding carboxylic acids is 1. The van der Waals surface area contributed by atoms with Crippen LogP contribution in [0.3, 0.4) is 0 Å². The van der Waals surface area contributed by atoms with Crippen molar-refractivity contribution in [2.45, 2.75) is 59.8 Å². The van der Waals surface area contributed by atoms with Crippen LogP contribution in [-0.2, 0) is 17.6 Å². The van der Waals surface area contributed by atoms with E-state index in [0.29, 0.717) is 18.1 Å². The van der Waals surface area contributed by atoms with Crippen LogP contribution >= 0.6 is 0 Å². The van der Waals surface area contributed by atoms with E-state index in [4.69, 9.17) is 0 Å². The summed E-state index contributed by atoms with van der Waals surface area (Å²) < 4.78 is 0. The van der Waals surface area contributed by atoms with E-state index in [1.54, 1.807) is 0 Å². The lowest BCUT2D eigenvalue weighted by molar-refractivity contribution is -0.121. The zero-order chi connectivity index (χ0) is 13.7. The van der Waals surface area contributed by atoms with Crippen LogP contribution in [0.2, 0.25) is 0 Å². The molecule has 0 aliphatic heterocycles. The van der Waals surface area contributed by atoms with Crippen molar-refractivity contribution in [2.24, 2.45) is 5.92 Å². The highest BCUT2D eigenvalue weighted by Crippen LogP contribution is 2.30. The van der Waals surface area contributed by atoms with E-state index in [1.165, 1.54) is 16.7 Å². The highest BCUT2D eigenvalue weighted by atomic mass is 16.1. The summed E-state index contributed by atoms with van der Waals surface area (Å²) in [7, 11) is 0. The van der Waals surface area contributed by atoms with Crippen LogP contribution in [0, 0.1) is 5.92 Å². The zero-order valence-corrected chi connectivity index (χ0v) is 12.4. The molecule has 100 valence electrons. The van der Waals surface area contributed by atoms with Crippen molar-refractivity contribution < 1.29 is 4.79 Å². The molecule has 0 aliphatic carbocycles. The normalized spacial score (nSPS) is 12.8. The number of aryl methyl sites for hydroxylation is 2. The van der Waals surface area contributed by atoms with E-state index in [-0.39, 0.29) is 5.92 Å². The second kappa shape index (κ2) is 6.72. The summed E-state index contributed by atoms with van der Waals surface area (Å²) in [4.78, 5) is 12.2. The smallest absolute Gasteiger partial charge is 0.140 e. The Balaban J connectivity index is 3.28. The van der Waals surface area contributed by atoms with Gasteiger partial charge in [0.25, 0.3) is 0 Å². The maximum absolute atomic E-state index is 12.2. The summed E-state index contributed by atoms with van der Waals surface area (Å²) >= 11 is 0. The SMILES string of the molecule is CCC(=O)C(c1cc(CC)ccc1CC)C(C)C. The Morgan fingerprint density at radius 1 is 1.11 bits per heavy atom. The lowest BCUT2D eigenvalue weighted by atomic mass is 9.80. The molecule has 1 rings (SSSR count). The zero-order valence-electron chi connectivity index (χ0n) is 12.4. The Kier molecular flexibility index (Phi) is 5.58. The largest absolute Gasteiger partial charge is 0.299 e. The fourth-order valence-corrected chi connectivity index (χ4v) is 2.60. The summed E-state index contributed by atoms with van der Waals surface area (Å²) in [5.41, 5.74) is 3.92. The van der Waals surface area contributed by atoms with Crippen LogP contribution in [0.1, 0.15) is 63.6 Å². The van der Waals surface area contributed by atoms with Gasteiger partial charge in [-0.25, -0.2) is 0 Å². The van der Waals surface area contributed by atoms with Crippen LogP contribution in [0.4, 0.5) is 0 Å². The first-order chi connectivity index (χ1) is 8.54. The lowest BCUT2D eigenvalue weighted by Crippen LogP contribution is -2.19. The van der Waals surface area contributed by atoms with Crippen LogP contribution in [-0.4, -0.2) is 5.78 Å². The van der Waals surface area contributed by atoms with Crippen LogP contribution in [0.25, 0.3) is 0 Å². The van der Waals surface area contributed by atoms with E-state index in [0.717, 1.165) is 12.8 Å². The van der Waals surface area contributed by atoms with Crippen molar-refractivity contribution in [3.05, 3.63) is 34.9 Å². The van der Waals surface area contributed by atoms with Gasteiger partial charge in [0, 0.05) is 12.3 Å². The minimum Gasteiger partial charge on any atom is -0.299 e. The number of ketones is 1. The first-order valence-electron chi connectivity index (χ1n) is 7.19. The number of hydrogen-bond acceptors (Lipinski definition) is 1. The minimum atomic E-state index is 0.0662. The average Bonchev–Trinajstić information content (AvgIpc) is 2.38. The second-order valence-electron chi connectivity index (χ2n) is 5.28. The summed E-state index contributed by atoms with van der Waals surface area (Å²) in [5, 5.41) is 0. The third-order valence-electron chi connectivity index (χ3n) is 3.70. The second-order valence-corrected chi connectivity index (χ2v) is 5.28. The minimum absolute atomic E-state index is 0.0662. The van der Waals surface area contributed by atoms with E-state index in [2.05, 4.69) is 45.9 Å². The van der Waals surface area contributed by atoms with Crippen molar-refractivity contribution in [3.8, 4) is 0 Å². The fourth-order valence-electron chi connectivity index (χ4n) is 2.60. The molecule has 1 atom stereocenters. The van der Waals surface area contributed by atoms with Crippen molar-refractivity contribution in [1.29, 1.82) is 0 Å². The Bertz CT molecular complexity index is 404. The highest BCUT2D eigenvalue weighted by Gasteiger charge is 2.24. The predicted molar refractivity (Wildman–Crippen MR) is 78.1 cm³/mol. The van der Waals surface area contributed by atoms with Gasteiger partial charge in [0.1, 0.15) is 5.78 Å². The summed E-state index contributed by atoms with van der Waals surface area (Å²) in [6, 6.07) is 6.64. The van der Waals surface area contributed by atoms with Gasteiger partial charge in [-0.1, -0.05) is 52.8 Å². The molecule has 1 unspecified atom stereocenters. The maximum atomic E-state index is 12.2. The molecule has 1 heteroatoms. The van der Waals surface area contributed by atoms with E-state index < -0.39 is 0 Å². The van der Waals surface area contributed by atoms with Crippen LogP contribution < -0.4 is 0 Å². The topological polar surface area (TPSA) is 17.1 Å². The van der Waals surface area contributed by atoms with Crippen molar-refractivity contribution in [2.75, 3.05) is 0 Å². The fraction of sp³-hybridized carbons (Fsp3) is 0.588. The maximum Gasteiger partial charge on any atom is 0.140 e. The number of rotatable bonds is 6. The number of benzene rings is 1. The quantitative estimate of drug-likeness (QED) is 0.720. The van der Waals surface area contributed by atoms with Gasteiger partial charge >= 0.3 is 0 Å². The monoisotopic (exact) mass is 246 g/mol. The molecule has 0 heterocycles. The third-order valence-corrected chi connectivity index (χ3v) is 3.70. The first-order valence-corrected chi connectivity index (χ1v) is 7.19. The van der Waals surface area contributed by atoms with Gasteiger partial charge in [0.2, 0.25) is 0 Å². The first kappa shape index (κ1) is 14.9. The molecular weight excluding hydrogens is 220 g/mol. The summed E-state index contributed by atoms with van der Waals surface area (Å²) in [6.07, 6.45) is 2.66. The number of carbonyl (C=O) groups is 1. The molecule has 0 spiro atoms. The molecule has 0 amide bonds. The molecule has 0 radical (unpaired) electrons. The molecule has 0 aliphatic rings. The van der Waals surface area contributed by atoms with Gasteiger partial charge in [0.05, 0.1) is 0 Å². The van der Waals surface area contributed by atoms with Gasteiger partial charge in [-0.15, -0.1) is 0 Å². The van der Waals surface area contributed by atoms with E-state index >= 15 is 0 Å². The van der Waals surface area contributed by atoms with E-state index in [9.17, 15) is 4.79 Å². The van der Waals surface area contributed by atoms with Crippen molar-refractivity contribution >= 4 is 5.78 Å². The molecule has 0 fully saturated rings. The molecule has 1 aromatic rings. The molecule has 0 aromatic heterocycles. The number of Topliss-reactive ketones (excluding diaryl/α,β-unsaturated/α-hetero) is 1. The molecule has 0 saturated carbocycles. The summed E-state index contributed by atoms with van der Waals surface area (Å²) in [6.45, 7) is 10.6. The van der Waals surface area contributed by atoms with Crippen molar-refractivity contribution in [3.63, 3.8) is 0 Å². The summed E-state index contributed by atoms with van der Waals surface area (Å²) in [5.74, 6) is 0.805. The Labute approximate surface area is 112 Å². The van der Waals surface area contributed by atoms with Crippen LogP contribution in [0.15, 0.2) is 18.2 Å². The molecular formula is C17H26O. The Morgan fingerprint density at radius 2 is 1.78 bits per heavy atom. The van der Waals surface area contributed by atoms with Crippen LogP contribution in [0.5, 0.6) is 0 Å².